The summed E-state index contributed by atoms with van der Waals surface area (Å²) in [5, 5.41) is 3.44. The second-order valence-corrected chi connectivity index (χ2v) is 7.22. The molecule has 1 aliphatic heterocycles. The number of fused-ring (bicyclic) bond motifs is 1. The molecule has 0 fully saturated rings. The first-order valence-corrected chi connectivity index (χ1v) is 9.69. The number of Topliss-reactive ketones (excluding diaryl/α,β-unsaturated/α-hetero) is 1. The molecule has 4 rings (SSSR count). The van der Waals surface area contributed by atoms with E-state index in [1.54, 1.807) is 19.1 Å². The van der Waals surface area contributed by atoms with E-state index in [4.69, 9.17) is 9.47 Å². The molecular weight excluding hydrogens is 368 g/mol. The maximum absolute atomic E-state index is 13.1. The third kappa shape index (κ3) is 3.24. The Bertz CT molecular complexity index is 1010. The van der Waals surface area contributed by atoms with Gasteiger partial charge in [0.2, 0.25) is 5.91 Å². The van der Waals surface area contributed by atoms with E-state index in [0.29, 0.717) is 23.5 Å². The number of nitrogens with zero attached hydrogens (tertiary/aromatic N) is 1. The summed E-state index contributed by atoms with van der Waals surface area (Å²) in [6.45, 7) is 1.53. The summed E-state index contributed by atoms with van der Waals surface area (Å²) in [5.41, 5.74) is 3.92. The Morgan fingerprint density at radius 3 is 2.55 bits per heavy atom. The van der Waals surface area contributed by atoms with Crippen LogP contribution in [-0.2, 0) is 9.59 Å². The molecule has 29 heavy (non-hydrogen) atoms. The van der Waals surface area contributed by atoms with E-state index in [1.165, 1.54) is 6.92 Å². The molecule has 6 nitrogen and oxygen atoms in total. The van der Waals surface area contributed by atoms with E-state index in [0.717, 1.165) is 35.5 Å². The van der Waals surface area contributed by atoms with Crippen molar-refractivity contribution in [3.63, 3.8) is 0 Å². The lowest BCUT2D eigenvalue weighted by Gasteiger charge is -2.33. The molecule has 1 heterocycles. The number of nitrogens with one attached hydrogen (secondary N) is 1. The summed E-state index contributed by atoms with van der Waals surface area (Å²) in [6.07, 6.45) is 2.04. The molecule has 0 spiro atoms. The zero-order valence-corrected chi connectivity index (χ0v) is 16.8. The number of methoxy groups -OCH3 is 2. The second kappa shape index (κ2) is 7.62. The molecule has 2 aromatic rings. The van der Waals surface area contributed by atoms with Gasteiger partial charge < -0.3 is 14.8 Å². The van der Waals surface area contributed by atoms with Gasteiger partial charge in [0, 0.05) is 24.6 Å². The van der Waals surface area contributed by atoms with E-state index in [9.17, 15) is 9.59 Å². The number of carbonyl (C=O) groups excluding carboxylic acids is 2. The Hall–Kier alpha value is -3.28. The standard InChI is InChI=1S/C23H24N2O4/c1-14(26)25-18-9-5-4-7-16(18)24-17-8-6-10-19(27)22(17)23(25)15-11-12-20(28-2)21(13-15)29-3/h4-5,7,9,11-13,23-24H,6,8,10H2,1-3H3. The molecule has 2 aromatic carbocycles. The van der Waals surface area contributed by atoms with Crippen LogP contribution in [0, 0.1) is 0 Å². The fraction of sp³-hybridized carbons (Fsp3) is 0.304. The molecule has 0 saturated carbocycles. The molecule has 1 aliphatic carbocycles. The van der Waals surface area contributed by atoms with Crippen molar-refractivity contribution in [2.75, 3.05) is 24.4 Å². The van der Waals surface area contributed by atoms with Crippen LogP contribution in [0.1, 0.15) is 37.8 Å². The van der Waals surface area contributed by atoms with Crippen molar-refractivity contribution < 1.29 is 19.1 Å². The first-order valence-electron chi connectivity index (χ1n) is 9.69. The number of ketones is 1. The maximum atomic E-state index is 13.1. The highest BCUT2D eigenvalue weighted by Crippen LogP contribution is 2.45. The highest BCUT2D eigenvalue weighted by atomic mass is 16.5. The predicted octanol–water partition coefficient (Wildman–Crippen LogP) is 4.23. The van der Waals surface area contributed by atoms with E-state index < -0.39 is 6.04 Å². The fourth-order valence-electron chi connectivity index (χ4n) is 4.22. The van der Waals surface area contributed by atoms with E-state index >= 15 is 0 Å². The molecule has 1 atom stereocenters. The number of para-hydroxylation sites is 2. The molecule has 1 N–H and O–H groups in total. The van der Waals surface area contributed by atoms with Crippen molar-refractivity contribution in [1.82, 2.24) is 0 Å². The lowest BCUT2D eigenvalue weighted by atomic mass is 9.85. The first-order chi connectivity index (χ1) is 14.0. The molecule has 150 valence electrons. The Morgan fingerprint density at radius 2 is 1.83 bits per heavy atom. The van der Waals surface area contributed by atoms with Crippen molar-refractivity contribution in [2.45, 2.75) is 32.2 Å². The van der Waals surface area contributed by atoms with Crippen LogP contribution in [-0.4, -0.2) is 25.9 Å². The summed E-state index contributed by atoms with van der Waals surface area (Å²) in [4.78, 5) is 27.6. The summed E-state index contributed by atoms with van der Waals surface area (Å²) < 4.78 is 10.8. The third-order valence-electron chi connectivity index (χ3n) is 5.50. The van der Waals surface area contributed by atoms with Crippen LogP contribution in [0.2, 0.25) is 0 Å². The number of anilines is 2. The molecule has 0 bridgehead atoms. The largest absolute Gasteiger partial charge is 0.493 e. The third-order valence-corrected chi connectivity index (χ3v) is 5.50. The maximum Gasteiger partial charge on any atom is 0.224 e. The number of ether oxygens (including phenoxy) is 2. The van der Waals surface area contributed by atoms with Crippen molar-refractivity contribution in [1.29, 1.82) is 0 Å². The van der Waals surface area contributed by atoms with Crippen LogP contribution in [0.25, 0.3) is 0 Å². The molecule has 6 heteroatoms. The average Bonchev–Trinajstić information content (AvgIpc) is 2.88. The molecule has 0 saturated heterocycles. The van der Waals surface area contributed by atoms with E-state index in [2.05, 4.69) is 5.32 Å². The van der Waals surface area contributed by atoms with Gasteiger partial charge in [-0.2, -0.15) is 0 Å². The lowest BCUT2D eigenvalue weighted by molar-refractivity contribution is -0.117. The number of hydrogen-bond acceptors (Lipinski definition) is 5. The highest BCUT2D eigenvalue weighted by molar-refractivity contribution is 6.05. The van der Waals surface area contributed by atoms with Gasteiger partial charge in [-0.15, -0.1) is 0 Å². The van der Waals surface area contributed by atoms with Crippen LogP contribution < -0.4 is 19.7 Å². The van der Waals surface area contributed by atoms with Crippen molar-refractivity contribution in [2.24, 2.45) is 0 Å². The summed E-state index contributed by atoms with van der Waals surface area (Å²) >= 11 is 0. The number of carbonyl (C=O) groups is 2. The number of amides is 1. The molecular formula is C23H24N2O4. The molecule has 2 aliphatic rings. The van der Waals surface area contributed by atoms with Gasteiger partial charge in [0.1, 0.15) is 0 Å². The SMILES string of the molecule is COc1ccc(C2C3=C(CCCC3=O)Nc3ccccc3N2C(C)=O)cc1OC. The van der Waals surface area contributed by atoms with Gasteiger partial charge in [-0.05, 0) is 42.7 Å². The van der Waals surface area contributed by atoms with Crippen molar-refractivity contribution in [3.8, 4) is 11.5 Å². The van der Waals surface area contributed by atoms with Gasteiger partial charge in [-0.1, -0.05) is 18.2 Å². The minimum Gasteiger partial charge on any atom is -0.493 e. The zero-order chi connectivity index (χ0) is 20.5. The van der Waals surface area contributed by atoms with Crippen molar-refractivity contribution >= 4 is 23.1 Å². The molecule has 1 unspecified atom stereocenters. The smallest absolute Gasteiger partial charge is 0.224 e. The first kappa shape index (κ1) is 19.1. The predicted molar refractivity (Wildman–Crippen MR) is 111 cm³/mol. The monoisotopic (exact) mass is 392 g/mol. The molecule has 0 radical (unpaired) electrons. The van der Waals surface area contributed by atoms with Gasteiger partial charge >= 0.3 is 0 Å². The van der Waals surface area contributed by atoms with Crippen LogP contribution >= 0.6 is 0 Å². The van der Waals surface area contributed by atoms with Crippen LogP contribution in [0.15, 0.2) is 53.7 Å². The average molecular weight is 392 g/mol. The lowest BCUT2D eigenvalue weighted by Crippen LogP contribution is -2.36. The summed E-state index contributed by atoms with van der Waals surface area (Å²) in [6, 6.07) is 12.7. The van der Waals surface area contributed by atoms with Crippen LogP contribution in [0.3, 0.4) is 0 Å². The van der Waals surface area contributed by atoms with Crippen LogP contribution in [0.5, 0.6) is 11.5 Å². The summed E-state index contributed by atoms with van der Waals surface area (Å²) in [5.74, 6) is 1.09. The number of allylic oxidation sites excluding steroid dienone is 1. The minimum absolute atomic E-state index is 0.0672. The fourth-order valence-corrected chi connectivity index (χ4v) is 4.22. The quantitative estimate of drug-likeness (QED) is 0.847. The Morgan fingerprint density at radius 1 is 1.07 bits per heavy atom. The minimum atomic E-state index is -0.536. The van der Waals surface area contributed by atoms with Crippen LogP contribution in [0.4, 0.5) is 11.4 Å². The van der Waals surface area contributed by atoms with E-state index in [-0.39, 0.29) is 11.7 Å². The number of rotatable bonds is 3. The van der Waals surface area contributed by atoms with Crippen molar-refractivity contribution in [3.05, 3.63) is 59.3 Å². The Kier molecular flexibility index (Phi) is 5.01. The highest BCUT2D eigenvalue weighted by Gasteiger charge is 2.38. The molecule has 0 aromatic heterocycles. The normalized spacial score (nSPS) is 18.4. The Balaban J connectivity index is 1.99. The van der Waals surface area contributed by atoms with E-state index in [1.807, 2.05) is 42.5 Å². The number of benzene rings is 2. The Labute approximate surface area is 170 Å². The molecule has 1 amide bonds. The van der Waals surface area contributed by atoms with Gasteiger partial charge in [0.15, 0.2) is 17.3 Å². The topological polar surface area (TPSA) is 67.9 Å². The van der Waals surface area contributed by atoms with Gasteiger partial charge in [0.25, 0.3) is 0 Å². The van der Waals surface area contributed by atoms with Gasteiger partial charge in [0.05, 0.1) is 31.6 Å². The van der Waals surface area contributed by atoms with Gasteiger partial charge in [-0.3, -0.25) is 14.5 Å². The number of hydrogen-bond donors (Lipinski definition) is 1. The zero-order valence-electron chi connectivity index (χ0n) is 16.8. The summed E-state index contributed by atoms with van der Waals surface area (Å²) in [7, 11) is 3.15. The van der Waals surface area contributed by atoms with Gasteiger partial charge in [-0.25, -0.2) is 0 Å². The second-order valence-electron chi connectivity index (χ2n) is 7.22.